The predicted octanol–water partition coefficient (Wildman–Crippen LogP) is 7.97. The summed E-state index contributed by atoms with van der Waals surface area (Å²) in [5, 5.41) is 3.02. The van der Waals surface area contributed by atoms with Crippen molar-refractivity contribution in [2.45, 2.75) is 162 Å². The molecule has 7 nitrogen and oxygen atoms in total. The number of rotatable bonds is 29. The van der Waals surface area contributed by atoms with E-state index in [0.29, 0.717) is 32.5 Å². The highest BCUT2D eigenvalue weighted by Gasteiger charge is 2.22. The van der Waals surface area contributed by atoms with Crippen molar-refractivity contribution in [3.05, 3.63) is 0 Å². The number of aliphatic imine (C=N–C) groups is 1. The number of carbonyl (C=O) groups excluding carboxylic acids is 2. The molecule has 0 fully saturated rings. The molecule has 0 aromatic heterocycles. The van der Waals surface area contributed by atoms with Gasteiger partial charge in [-0.25, -0.2) is 0 Å². The zero-order valence-corrected chi connectivity index (χ0v) is 27.0. The summed E-state index contributed by atoms with van der Waals surface area (Å²) in [6.07, 6.45) is 26.5. The van der Waals surface area contributed by atoms with Crippen molar-refractivity contribution in [1.82, 2.24) is 5.32 Å². The van der Waals surface area contributed by atoms with Crippen LogP contribution in [0.1, 0.15) is 162 Å². The Balaban J connectivity index is 0. The monoisotopic (exact) mass is 588 g/mol. The molecule has 5 N–H and O–H groups in total. The van der Waals surface area contributed by atoms with Crippen molar-refractivity contribution in [3.63, 3.8) is 0 Å². The fourth-order valence-corrected chi connectivity index (χ4v) is 4.88. The number of nitrogens with two attached hydrogens (primary N) is 2. The van der Waals surface area contributed by atoms with E-state index in [1.54, 1.807) is 0 Å². The van der Waals surface area contributed by atoms with E-state index in [2.05, 4.69) is 24.2 Å². The highest BCUT2D eigenvalue weighted by Crippen LogP contribution is 2.15. The third kappa shape index (κ3) is 29.5. The minimum atomic E-state index is -0.400. The number of carbonyl (C=O) groups is 2. The Bertz CT molecular complexity index is 601. The number of guanidine groups is 1. The predicted molar refractivity (Wildman–Crippen MR) is 173 cm³/mol. The van der Waals surface area contributed by atoms with E-state index in [-0.39, 0.29) is 36.7 Å². The van der Waals surface area contributed by atoms with Gasteiger partial charge in [-0.2, -0.15) is 0 Å². The molecule has 0 heterocycles. The molecule has 0 bridgehead atoms. The molecule has 0 saturated heterocycles. The van der Waals surface area contributed by atoms with Crippen LogP contribution in [-0.2, 0) is 14.3 Å². The van der Waals surface area contributed by atoms with Gasteiger partial charge in [0, 0.05) is 19.0 Å². The van der Waals surface area contributed by atoms with Gasteiger partial charge in [0.15, 0.2) is 5.96 Å². The maximum Gasteiger partial charge on any atom is 0.306 e. The van der Waals surface area contributed by atoms with Gasteiger partial charge in [-0.1, -0.05) is 129 Å². The molecule has 0 unspecified atom stereocenters. The molecule has 0 aliphatic heterocycles. The topological polar surface area (TPSA) is 120 Å². The third-order valence-electron chi connectivity index (χ3n) is 7.38. The minimum Gasteiger partial charge on any atom is -0.466 e. The van der Waals surface area contributed by atoms with Crippen molar-refractivity contribution in [2.24, 2.45) is 22.4 Å². The lowest BCUT2D eigenvalue weighted by molar-refractivity contribution is -0.147. The summed E-state index contributed by atoms with van der Waals surface area (Å²) in [6, 6.07) is 0. The minimum absolute atomic E-state index is 0. The summed E-state index contributed by atoms with van der Waals surface area (Å²) in [6.45, 7) is 6.03. The SMILES string of the molecule is CCCCCCCCCCCCCCCCOC(=O)C[C@@H](CCCN=C(N)N)C(=O)NCCCCCCCC.Cl. The molecule has 0 aromatic carbocycles. The number of nitrogens with zero attached hydrogens (tertiary/aromatic N) is 1. The van der Waals surface area contributed by atoms with Crippen molar-refractivity contribution in [1.29, 1.82) is 0 Å². The van der Waals surface area contributed by atoms with Gasteiger partial charge < -0.3 is 21.5 Å². The Kier molecular flexibility index (Phi) is 32.5. The summed E-state index contributed by atoms with van der Waals surface area (Å²) in [4.78, 5) is 29.2. The number of hydrogen-bond donors (Lipinski definition) is 3. The van der Waals surface area contributed by atoms with Gasteiger partial charge in [0.1, 0.15) is 0 Å². The quantitative estimate of drug-likeness (QED) is 0.0354. The Morgan fingerprint density at radius 3 is 1.60 bits per heavy atom. The molecular formula is C32H65ClN4O3. The van der Waals surface area contributed by atoms with E-state index in [0.717, 1.165) is 25.7 Å². The van der Waals surface area contributed by atoms with Crippen molar-refractivity contribution in [2.75, 3.05) is 19.7 Å². The molecule has 0 spiro atoms. The van der Waals surface area contributed by atoms with Gasteiger partial charge in [-0.3, -0.25) is 14.6 Å². The molecule has 0 rings (SSSR count). The Labute approximate surface area is 253 Å². The Morgan fingerprint density at radius 1 is 0.675 bits per heavy atom. The zero-order chi connectivity index (χ0) is 28.8. The van der Waals surface area contributed by atoms with E-state index in [9.17, 15) is 9.59 Å². The molecular weight excluding hydrogens is 524 g/mol. The van der Waals surface area contributed by atoms with Crippen molar-refractivity contribution in [3.8, 4) is 0 Å². The Morgan fingerprint density at radius 2 is 1.12 bits per heavy atom. The first-order valence-electron chi connectivity index (χ1n) is 16.5. The van der Waals surface area contributed by atoms with E-state index in [4.69, 9.17) is 16.2 Å². The lowest BCUT2D eigenvalue weighted by atomic mass is 9.98. The maximum absolute atomic E-state index is 12.8. The van der Waals surface area contributed by atoms with E-state index >= 15 is 0 Å². The van der Waals surface area contributed by atoms with Crippen LogP contribution >= 0.6 is 12.4 Å². The fraction of sp³-hybridized carbons (Fsp3) is 0.906. The van der Waals surface area contributed by atoms with Gasteiger partial charge in [-0.15, -0.1) is 12.4 Å². The number of hydrogen-bond acceptors (Lipinski definition) is 4. The summed E-state index contributed by atoms with van der Waals surface area (Å²) >= 11 is 0. The molecule has 0 aliphatic rings. The van der Waals surface area contributed by atoms with Crippen LogP contribution in [0.25, 0.3) is 0 Å². The smallest absolute Gasteiger partial charge is 0.306 e. The lowest BCUT2D eigenvalue weighted by Gasteiger charge is -2.16. The van der Waals surface area contributed by atoms with Crippen LogP contribution in [0, 0.1) is 5.92 Å². The van der Waals surface area contributed by atoms with Crippen LogP contribution in [-0.4, -0.2) is 37.5 Å². The van der Waals surface area contributed by atoms with Crippen LogP contribution < -0.4 is 16.8 Å². The molecule has 1 atom stereocenters. The van der Waals surface area contributed by atoms with E-state index in [1.165, 1.54) is 103 Å². The average molecular weight is 589 g/mol. The van der Waals surface area contributed by atoms with Crippen LogP contribution in [0.2, 0.25) is 0 Å². The number of amides is 1. The number of esters is 1. The molecule has 40 heavy (non-hydrogen) atoms. The number of nitrogens with one attached hydrogen (secondary N) is 1. The molecule has 0 aromatic rings. The number of unbranched alkanes of at least 4 members (excludes halogenated alkanes) is 18. The van der Waals surface area contributed by atoms with Crippen molar-refractivity contribution < 1.29 is 14.3 Å². The summed E-state index contributed by atoms with van der Waals surface area (Å²) in [7, 11) is 0. The van der Waals surface area contributed by atoms with Crippen LogP contribution in [0.3, 0.4) is 0 Å². The fourth-order valence-electron chi connectivity index (χ4n) is 4.88. The van der Waals surface area contributed by atoms with Crippen molar-refractivity contribution >= 4 is 30.2 Å². The summed E-state index contributed by atoms with van der Waals surface area (Å²) in [5.74, 6) is -0.706. The first-order chi connectivity index (χ1) is 19.0. The summed E-state index contributed by atoms with van der Waals surface area (Å²) < 4.78 is 5.47. The van der Waals surface area contributed by atoms with Crippen LogP contribution in [0.4, 0.5) is 0 Å². The second-order valence-corrected chi connectivity index (χ2v) is 11.2. The first kappa shape index (κ1) is 40.6. The van der Waals surface area contributed by atoms with Crippen LogP contribution in [0.5, 0.6) is 0 Å². The Hall–Kier alpha value is -1.50. The molecule has 0 aliphatic carbocycles. The largest absolute Gasteiger partial charge is 0.466 e. The molecule has 0 radical (unpaired) electrons. The normalized spacial score (nSPS) is 11.4. The van der Waals surface area contributed by atoms with Crippen LogP contribution in [0.15, 0.2) is 4.99 Å². The first-order valence-corrected chi connectivity index (χ1v) is 16.5. The van der Waals surface area contributed by atoms with Gasteiger partial charge >= 0.3 is 5.97 Å². The maximum atomic E-state index is 12.8. The highest BCUT2D eigenvalue weighted by molar-refractivity contribution is 5.85. The second-order valence-electron chi connectivity index (χ2n) is 11.2. The van der Waals surface area contributed by atoms with Gasteiger partial charge in [-0.05, 0) is 25.7 Å². The van der Waals surface area contributed by atoms with Gasteiger partial charge in [0.05, 0.1) is 13.0 Å². The molecule has 238 valence electrons. The molecule has 1 amide bonds. The van der Waals surface area contributed by atoms with E-state index < -0.39 is 5.92 Å². The highest BCUT2D eigenvalue weighted by atomic mass is 35.5. The number of ether oxygens (including phenoxy) is 1. The van der Waals surface area contributed by atoms with E-state index in [1.807, 2.05) is 0 Å². The standard InChI is InChI=1S/C32H64N4O3.ClH/c1-3-5-7-9-11-12-13-14-15-16-17-18-20-22-27-39-30(37)28-29(24-23-26-36-32(33)34)31(38)35-25-21-19-10-8-6-4-2;/h29H,3-28H2,1-2H3,(H,35,38)(H4,33,34,36);1H/t29-;/m1./s1. The zero-order valence-electron chi connectivity index (χ0n) is 26.2. The van der Waals surface area contributed by atoms with Gasteiger partial charge in [0.25, 0.3) is 0 Å². The summed E-state index contributed by atoms with van der Waals surface area (Å²) in [5.41, 5.74) is 10.8. The van der Waals surface area contributed by atoms with Gasteiger partial charge in [0.2, 0.25) is 5.91 Å². The number of halogens is 1. The lowest BCUT2D eigenvalue weighted by Crippen LogP contribution is -2.33. The average Bonchev–Trinajstić information content (AvgIpc) is 2.91. The third-order valence-corrected chi connectivity index (χ3v) is 7.38. The molecule has 8 heteroatoms. The molecule has 0 saturated carbocycles. The second kappa shape index (κ2) is 32.0.